The molecule has 0 spiro atoms. The van der Waals surface area contributed by atoms with Crippen molar-refractivity contribution in [2.75, 3.05) is 12.4 Å². The monoisotopic (exact) mass is 579 g/mol. The molecule has 2 atom stereocenters. The Morgan fingerprint density at radius 3 is 2.17 bits per heavy atom. The molecule has 0 heterocycles. The van der Waals surface area contributed by atoms with E-state index in [2.05, 4.69) is 10.7 Å². The van der Waals surface area contributed by atoms with Gasteiger partial charge in [-0.15, -0.1) is 23.2 Å². The van der Waals surface area contributed by atoms with Crippen LogP contribution < -0.4 is 10.7 Å². The zero-order chi connectivity index (χ0) is 26.3. The summed E-state index contributed by atoms with van der Waals surface area (Å²) >= 11 is 31.1. The van der Waals surface area contributed by atoms with Gasteiger partial charge in [0.15, 0.2) is 0 Å². The summed E-state index contributed by atoms with van der Waals surface area (Å²) in [5.41, 5.74) is 2.58. The molecule has 1 saturated carbocycles. The van der Waals surface area contributed by atoms with Crippen molar-refractivity contribution in [3.63, 3.8) is 0 Å². The number of rotatable bonds is 4. The molecule has 0 unspecified atom stereocenters. The van der Waals surface area contributed by atoms with Crippen LogP contribution in [0.5, 0.6) is 0 Å². The van der Waals surface area contributed by atoms with E-state index in [1.165, 1.54) is 25.2 Å². The van der Waals surface area contributed by atoms with Gasteiger partial charge in [0.1, 0.15) is 9.93 Å². The van der Waals surface area contributed by atoms with Gasteiger partial charge in [0, 0.05) is 28.7 Å². The molecule has 0 radical (unpaired) electrons. The molecule has 3 rings (SSSR count). The van der Waals surface area contributed by atoms with Crippen molar-refractivity contribution in [3.8, 4) is 0 Å². The number of nitrogens with one attached hydrogen (secondary N) is 2. The summed E-state index contributed by atoms with van der Waals surface area (Å²) in [6.45, 7) is 5.10. The summed E-state index contributed by atoms with van der Waals surface area (Å²) in [5.74, 6) is -2.46. The molecule has 7 nitrogen and oxygen atoms in total. The molecular formula is C23H22Cl5N3O4. The van der Waals surface area contributed by atoms with E-state index in [0.29, 0.717) is 15.6 Å². The molecule has 35 heavy (non-hydrogen) atoms. The first-order valence-corrected chi connectivity index (χ1v) is 12.2. The highest BCUT2D eigenvalue weighted by Crippen LogP contribution is 2.65. The van der Waals surface area contributed by atoms with Crippen LogP contribution in [0, 0.1) is 5.92 Å². The molecule has 2 aromatic carbocycles. The lowest BCUT2D eigenvalue weighted by Gasteiger charge is -2.25. The summed E-state index contributed by atoms with van der Waals surface area (Å²) < 4.78 is 3.84. The minimum atomic E-state index is -1.36. The Labute approximate surface area is 227 Å². The average Bonchev–Trinajstić information content (AvgIpc) is 3.29. The van der Waals surface area contributed by atoms with Crippen LogP contribution in [0.1, 0.15) is 42.6 Å². The van der Waals surface area contributed by atoms with Gasteiger partial charge in [-0.05, 0) is 62.7 Å². The van der Waals surface area contributed by atoms with Gasteiger partial charge in [-0.1, -0.05) is 34.8 Å². The normalized spacial score (nSPS) is 18.4. The molecular weight excluding hydrogens is 560 g/mol. The maximum absolute atomic E-state index is 13.0. The molecule has 3 amide bonds. The van der Waals surface area contributed by atoms with Crippen molar-refractivity contribution in [2.24, 2.45) is 5.92 Å². The first-order chi connectivity index (χ1) is 16.1. The number of anilines is 1. The number of amides is 3. The molecule has 0 aromatic heterocycles. The molecule has 1 aliphatic rings. The Balaban J connectivity index is 1.72. The number of hydrogen-bond donors (Lipinski definition) is 2. The van der Waals surface area contributed by atoms with Crippen molar-refractivity contribution >= 4 is 81.6 Å². The Morgan fingerprint density at radius 1 is 1.00 bits per heavy atom. The van der Waals surface area contributed by atoms with Crippen LogP contribution in [0.2, 0.25) is 15.1 Å². The van der Waals surface area contributed by atoms with Crippen molar-refractivity contribution in [1.82, 2.24) is 10.4 Å². The topological polar surface area (TPSA) is 87.7 Å². The second kappa shape index (κ2) is 10.2. The first-order valence-electron chi connectivity index (χ1n) is 10.3. The van der Waals surface area contributed by atoms with E-state index in [-0.39, 0.29) is 16.3 Å². The quantitative estimate of drug-likeness (QED) is 0.311. The fourth-order valence-electron chi connectivity index (χ4n) is 3.41. The van der Waals surface area contributed by atoms with E-state index >= 15 is 0 Å². The summed E-state index contributed by atoms with van der Waals surface area (Å²) in [7, 11) is 1.33. The average molecular weight is 582 g/mol. The van der Waals surface area contributed by atoms with Crippen molar-refractivity contribution in [2.45, 2.75) is 36.6 Å². The second-order valence-corrected chi connectivity index (χ2v) is 11.7. The predicted octanol–water partition coefficient (Wildman–Crippen LogP) is 6.68. The Bertz CT molecular complexity index is 1160. The highest BCUT2D eigenvalue weighted by atomic mass is 35.5. The highest BCUT2D eigenvalue weighted by molar-refractivity contribution is 6.53. The summed E-state index contributed by atoms with van der Waals surface area (Å²) in [5, 5.41) is 4.50. The van der Waals surface area contributed by atoms with Crippen LogP contribution >= 0.6 is 58.0 Å². The zero-order valence-corrected chi connectivity index (χ0v) is 22.9. The third-order valence-electron chi connectivity index (χ3n) is 5.00. The smallest absolute Gasteiger partial charge is 0.428 e. The number of halogens is 5. The SMILES string of the molecule is CN(NC(=O)c1cc(NC(=O)[C@H]2[C@H](c3cc(Cl)cc(Cl)c3)C2(Cl)Cl)ccc1Cl)C(=O)OC(C)(C)C. The molecule has 1 aliphatic carbocycles. The van der Waals surface area contributed by atoms with Gasteiger partial charge in [-0.3, -0.25) is 15.0 Å². The van der Waals surface area contributed by atoms with E-state index < -0.39 is 39.7 Å². The first kappa shape index (κ1) is 27.7. The largest absolute Gasteiger partial charge is 0.442 e. The number of carbonyl (C=O) groups excluding carboxylic acids is 3. The predicted molar refractivity (Wildman–Crippen MR) is 139 cm³/mol. The van der Waals surface area contributed by atoms with E-state index in [0.717, 1.165) is 5.01 Å². The number of hydrazine groups is 1. The zero-order valence-electron chi connectivity index (χ0n) is 19.1. The summed E-state index contributed by atoms with van der Waals surface area (Å²) in [6, 6.07) is 9.19. The van der Waals surface area contributed by atoms with Crippen LogP contribution in [-0.2, 0) is 9.53 Å². The maximum atomic E-state index is 13.0. The van der Waals surface area contributed by atoms with Crippen molar-refractivity contribution in [3.05, 3.63) is 62.6 Å². The fraction of sp³-hybridized carbons (Fsp3) is 0.348. The number of ether oxygens (including phenoxy) is 1. The van der Waals surface area contributed by atoms with E-state index in [9.17, 15) is 14.4 Å². The van der Waals surface area contributed by atoms with Gasteiger partial charge >= 0.3 is 6.09 Å². The number of alkyl halides is 2. The van der Waals surface area contributed by atoms with Crippen LogP contribution in [0.15, 0.2) is 36.4 Å². The minimum Gasteiger partial charge on any atom is -0.442 e. The molecule has 0 aliphatic heterocycles. The number of nitrogens with zero attached hydrogens (tertiary/aromatic N) is 1. The van der Waals surface area contributed by atoms with E-state index in [4.69, 9.17) is 62.7 Å². The van der Waals surface area contributed by atoms with Crippen molar-refractivity contribution in [1.29, 1.82) is 0 Å². The molecule has 2 aromatic rings. The fourth-order valence-corrected chi connectivity index (χ4v) is 4.98. The molecule has 0 bridgehead atoms. The molecule has 12 heteroatoms. The minimum absolute atomic E-state index is 0.0249. The van der Waals surface area contributed by atoms with E-state index in [1.54, 1.807) is 39.0 Å². The second-order valence-electron chi connectivity index (χ2n) is 9.00. The summed E-state index contributed by atoms with van der Waals surface area (Å²) in [4.78, 5) is 37.8. The van der Waals surface area contributed by atoms with Gasteiger partial charge in [0.05, 0.1) is 16.5 Å². The summed E-state index contributed by atoms with van der Waals surface area (Å²) in [6.07, 6.45) is -0.757. The molecule has 188 valence electrons. The van der Waals surface area contributed by atoms with Gasteiger partial charge in [-0.25, -0.2) is 9.80 Å². The van der Waals surface area contributed by atoms with Gasteiger partial charge < -0.3 is 10.1 Å². The van der Waals surface area contributed by atoms with Gasteiger partial charge in [-0.2, -0.15) is 0 Å². The van der Waals surface area contributed by atoms with Crippen LogP contribution in [0.25, 0.3) is 0 Å². The highest BCUT2D eigenvalue weighted by Gasteiger charge is 2.67. The standard InChI is InChI=1S/C23H22Cl5N3O4/c1-22(2,3)35-21(34)31(4)30-19(32)15-10-14(5-6-16(15)26)29-20(33)18-17(23(18,27)28)11-7-12(24)9-13(25)8-11/h5-10,17-18H,1-4H3,(H,29,33)(H,30,32)/t17-,18+/m0/s1. The Morgan fingerprint density at radius 2 is 1.60 bits per heavy atom. The van der Waals surface area contributed by atoms with Crippen LogP contribution in [-0.4, -0.2) is 39.9 Å². The number of hydrogen-bond acceptors (Lipinski definition) is 4. The lowest BCUT2D eigenvalue weighted by atomic mass is 10.1. The Kier molecular flexibility index (Phi) is 8.09. The maximum Gasteiger partial charge on any atom is 0.428 e. The molecule has 1 fully saturated rings. The van der Waals surface area contributed by atoms with Gasteiger partial charge in [0.2, 0.25) is 5.91 Å². The van der Waals surface area contributed by atoms with Crippen LogP contribution in [0.4, 0.5) is 10.5 Å². The van der Waals surface area contributed by atoms with Crippen LogP contribution in [0.3, 0.4) is 0 Å². The number of carbonyl (C=O) groups is 3. The van der Waals surface area contributed by atoms with Crippen molar-refractivity contribution < 1.29 is 19.1 Å². The molecule has 2 N–H and O–H groups in total. The lowest BCUT2D eigenvalue weighted by Crippen LogP contribution is -2.45. The van der Waals surface area contributed by atoms with Gasteiger partial charge in [0.25, 0.3) is 5.91 Å². The molecule has 0 saturated heterocycles. The third-order valence-corrected chi connectivity index (χ3v) is 6.70. The lowest BCUT2D eigenvalue weighted by molar-refractivity contribution is -0.117. The third kappa shape index (κ3) is 6.66. The number of benzene rings is 2. The van der Waals surface area contributed by atoms with E-state index in [1.807, 2.05) is 0 Å². The Hall–Kier alpha value is -1.90.